The second-order valence-electron chi connectivity index (χ2n) is 7.82. The van der Waals surface area contributed by atoms with E-state index in [0.29, 0.717) is 22.7 Å². The van der Waals surface area contributed by atoms with Crippen LogP contribution in [0.1, 0.15) is 31.4 Å². The fraction of sp³-hybridized carbons (Fsp3) is 0.318. The molecular formula is C22H27N5O3S2. The predicted molar refractivity (Wildman–Crippen MR) is 126 cm³/mol. The SMILES string of the molecule is Cc1cccc(-c2n[nH]c(=S)n2CCC(=O)NCc2cccc(S(=O)(=O)NC(C)C)c2)c1. The molecule has 0 aliphatic carbocycles. The average Bonchev–Trinajstić information content (AvgIpc) is 3.10. The smallest absolute Gasteiger partial charge is 0.240 e. The lowest BCUT2D eigenvalue weighted by Gasteiger charge is -2.11. The molecule has 0 saturated heterocycles. The molecule has 1 aromatic heterocycles. The van der Waals surface area contributed by atoms with Gasteiger partial charge in [-0.2, -0.15) is 5.10 Å². The van der Waals surface area contributed by atoms with Gasteiger partial charge in [0, 0.05) is 31.1 Å². The van der Waals surface area contributed by atoms with Gasteiger partial charge in [-0.05, 0) is 56.8 Å². The number of carbonyl (C=O) groups is 1. The minimum Gasteiger partial charge on any atom is -0.352 e. The summed E-state index contributed by atoms with van der Waals surface area (Å²) in [6, 6.07) is 14.2. The van der Waals surface area contributed by atoms with Gasteiger partial charge in [-0.25, -0.2) is 13.1 Å². The summed E-state index contributed by atoms with van der Waals surface area (Å²) in [7, 11) is -3.59. The van der Waals surface area contributed by atoms with E-state index in [2.05, 4.69) is 20.2 Å². The Morgan fingerprint density at radius 2 is 1.94 bits per heavy atom. The van der Waals surface area contributed by atoms with Gasteiger partial charge >= 0.3 is 0 Å². The molecular weight excluding hydrogens is 446 g/mol. The highest BCUT2D eigenvalue weighted by Crippen LogP contribution is 2.19. The van der Waals surface area contributed by atoms with Crippen molar-refractivity contribution in [1.82, 2.24) is 24.8 Å². The summed E-state index contributed by atoms with van der Waals surface area (Å²) >= 11 is 5.33. The maximum Gasteiger partial charge on any atom is 0.240 e. The van der Waals surface area contributed by atoms with Crippen LogP contribution in [0.15, 0.2) is 53.4 Å². The van der Waals surface area contributed by atoms with E-state index in [0.717, 1.165) is 11.1 Å². The molecule has 32 heavy (non-hydrogen) atoms. The lowest BCUT2D eigenvalue weighted by molar-refractivity contribution is -0.121. The number of amides is 1. The molecule has 8 nitrogen and oxygen atoms in total. The molecule has 0 saturated carbocycles. The highest BCUT2D eigenvalue weighted by Gasteiger charge is 2.16. The minimum absolute atomic E-state index is 0.170. The van der Waals surface area contributed by atoms with Crippen LogP contribution in [0.4, 0.5) is 0 Å². The Morgan fingerprint density at radius 3 is 2.66 bits per heavy atom. The zero-order valence-corrected chi connectivity index (χ0v) is 19.9. The van der Waals surface area contributed by atoms with Crippen LogP contribution in [0.3, 0.4) is 0 Å². The highest BCUT2D eigenvalue weighted by molar-refractivity contribution is 7.89. The number of aryl methyl sites for hydroxylation is 1. The van der Waals surface area contributed by atoms with E-state index in [9.17, 15) is 13.2 Å². The van der Waals surface area contributed by atoms with Crippen LogP contribution in [0.25, 0.3) is 11.4 Å². The van der Waals surface area contributed by atoms with Gasteiger partial charge in [-0.3, -0.25) is 14.5 Å². The van der Waals surface area contributed by atoms with Gasteiger partial charge < -0.3 is 5.32 Å². The number of nitrogens with zero attached hydrogens (tertiary/aromatic N) is 2. The van der Waals surface area contributed by atoms with Crippen LogP contribution in [-0.4, -0.2) is 35.1 Å². The molecule has 10 heteroatoms. The van der Waals surface area contributed by atoms with Crippen molar-refractivity contribution in [3.63, 3.8) is 0 Å². The predicted octanol–water partition coefficient (Wildman–Crippen LogP) is 3.31. The second-order valence-corrected chi connectivity index (χ2v) is 9.92. The zero-order chi connectivity index (χ0) is 23.3. The molecule has 0 atom stereocenters. The third-order valence-electron chi connectivity index (χ3n) is 4.69. The van der Waals surface area contributed by atoms with Crippen molar-refractivity contribution in [2.75, 3.05) is 0 Å². The summed E-state index contributed by atoms with van der Waals surface area (Å²) in [4.78, 5) is 12.6. The van der Waals surface area contributed by atoms with Gasteiger partial charge in [0.05, 0.1) is 4.90 Å². The Kier molecular flexibility index (Phi) is 7.60. The van der Waals surface area contributed by atoms with E-state index in [4.69, 9.17) is 12.2 Å². The van der Waals surface area contributed by atoms with Gasteiger partial charge in [0.1, 0.15) is 0 Å². The summed E-state index contributed by atoms with van der Waals surface area (Å²) < 4.78 is 29.5. The number of H-pyrrole nitrogens is 1. The Bertz CT molecular complexity index is 1260. The first-order chi connectivity index (χ1) is 15.2. The summed E-state index contributed by atoms with van der Waals surface area (Å²) in [5.41, 5.74) is 2.73. The van der Waals surface area contributed by atoms with Crippen LogP contribution >= 0.6 is 12.2 Å². The van der Waals surface area contributed by atoms with E-state index in [1.54, 1.807) is 36.6 Å². The van der Waals surface area contributed by atoms with Gasteiger partial charge in [-0.15, -0.1) is 0 Å². The Morgan fingerprint density at radius 1 is 1.19 bits per heavy atom. The van der Waals surface area contributed by atoms with Crippen molar-refractivity contribution < 1.29 is 13.2 Å². The van der Waals surface area contributed by atoms with E-state index in [1.165, 1.54) is 6.07 Å². The largest absolute Gasteiger partial charge is 0.352 e. The number of aromatic nitrogens is 3. The molecule has 170 valence electrons. The summed E-state index contributed by atoms with van der Waals surface area (Å²) in [5, 5.41) is 9.93. The first-order valence-electron chi connectivity index (χ1n) is 10.3. The topological polar surface area (TPSA) is 109 Å². The second kappa shape index (κ2) is 10.2. The number of carbonyl (C=O) groups excluding carboxylic acids is 1. The number of nitrogens with one attached hydrogen (secondary N) is 3. The van der Waals surface area contributed by atoms with Crippen LogP contribution in [0.2, 0.25) is 0 Å². The van der Waals surface area contributed by atoms with E-state index >= 15 is 0 Å². The third kappa shape index (κ3) is 6.12. The summed E-state index contributed by atoms with van der Waals surface area (Å²) in [6.45, 7) is 6.13. The molecule has 0 fully saturated rings. The average molecular weight is 474 g/mol. The van der Waals surface area contributed by atoms with Crippen LogP contribution in [0, 0.1) is 11.7 Å². The molecule has 2 aromatic carbocycles. The molecule has 3 rings (SSSR count). The van der Waals surface area contributed by atoms with Crippen molar-refractivity contribution in [1.29, 1.82) is 0 Å². The number of benzene rings is 2. The number of hydrogen-bond donors (Lipinski definition) is 3. The van der Waals surface area contributed by atoms with Crippen LogP contribution in [-0.2, 0) is 27.9 Å². The molecule has 1 heterocycles. The normalized spacial score (nSPS) is 11.6. The van der Waals surface area contributed by atoms with E-state index in [-0.39, 0.29) is 29.8 Å². The molecule has 0 unspecified atom stereocenters. The zero-order valence-electron chi connectivity index (χ0n) is 18.3. The summed E-state index contributed by atoms with van der Waals surface area (Å²) in [6.07, 6.45) is 0.208. The van der Waals surface area contributed by atoms with Crippen molar-refractivity contribution in [2.24, 2.45) is 0 Å². The summed E-state index contributed by atoms with van der Waals surface area (Å²) in [5.74, 6) is 0.513. The highest BCUT2D eigenvalue weighted by atomic mass is 32.2. The van der Waals surface area contributed by atoms with E-state index in [1.807, 2.05) is 31.2 Å². The number of rotatable bonds is 9. The van der Waals surface area contributed by atoms with Crippen molar-refractivity contribution in [3.8, 4) is 11.4 Å². The molecule has 0 aliphatic heterocycles. The van der Waals surface area contributed by atoms with Gasteiger partial charge in [0.15, 0.2) is 10.6 Å². The Labute approximate surface area is 193 Å². The fourth-order valence-corrected chi connectivity index (χ4v) is 4.78. The molecule has 3 N–H and O–H groups in total. The molecule has 3 aromatic rings. The number of sulfonamides is 1. The molecule has 1 amide bonds. The van der Waals surface area contributed by atoms with Crippen molar-refractivity contribution in [2.45, 2.75) is 51.2 Å². The van der Waals surface area contributed by atoms with Crippen molar-refractivity contribution >= 4 is 28.1 Å². The van der Waals surface area contributed by atoms with Gasteiger partial charge in [0.25, 0.3) is 0 Å². The van der Waals surface area contributed by atoms with Crippen LogP contribution < -0.4 is 10.0 Å². The lowest BCUT2D eigenvalue weighted by atomic mass is 10.1. The minimum atomic E-state index is -3.59. The standard InChI is InChI=1S/C22H27N5O3S2/c1-15(2)26-32(29,30)19-9-5-7-17(13-19)14-23-20(28)10-11-27-21(24-25-22(27)31)18-8-4-6-16(3)12-18/h4-9,12-13,15,26H,10-11,14H2,1-3H3,(H,23,28)(H,25,31). The molecule has 0 spiro atoms. The lowest BCUT2D eigenvalue weighted by Crippen LogP contribution is -2.30. The molecule has 0 bridgehead atoms. The quantitative estimate of drug-likeness (QED) is 0.413. The van der Waals surface area contributed by atoms with Gasteiger partial charge in [-0.1, -0.05) is 35.9 Å². The third-order valence-corrected chi connectivity index (χ3v) is 6.65. The monoisotopic (exact) mass is 473 g/mol. The van der Waals surface area contributed by atoms with Crippen LogP contribution in [0.5, 0.6) is 0 Å². The Balaban J connectivity index is 1.62. The van der Waals surface area contributed by atoms with Gasteiger partial charge in [0.2, 0.25) is 15.9 Å². The number of aromatic amines is 1. The first kappa shape index (κ1) is 23.8. The molecule has 0 radical (unpaired) electrons. The fourth-order valence-electron chi connectivity index (χ4n) is 3.23. The van der Waals surface area contributed by atoms with Crippen molar-refractivity contribution in [3.05, 3.63) is 64.4 Å². The Hall–Kier alpha value is -2.82. The maximum absolute atomic E-state index is 12.4. The molecule has 0 aliphatic rings. The van der Waals surface area contributed by atoms with E-state index < -0.39 is 10.0 Å². The maximum atomic E-state index is 12.4. The number of hydrogen-bond acceptors (Lipinski definition) is 5. The first-order valence-corrected chi connectivity index (χ1v) is 12.1.